The molecule has 141 heavy (non-hydrogen) atoms. The predicted octanol–water partition coefficient (Wildman–Crippen LogP) is 34.2. The number of quaternary nitrogens is 3. The molecule has 0 aliphatic heterocycles. The van der Waals surface area contributed by atoms with Crippen LogP contribution in [0.3, 0.4) is 0 Å². The standard InChI is InChI=1S/C46H66N3Si.C42H56N3Si.C41H54N3Si/c1-12-14-28-46(29-15-13-2)42-32-38(47(36-22-18-16-19-23-36)37-24-20-17-21-25-37)26-27-39(42)41-31-35-30-34(3)44(40(35)33-43(41)46)50(10,11)48(45(4,5)6)49(7,8)9;1-30-26-31-27-38-36-25-24-35(43(32-18-12-9-13-19-32)33-20-14-10-15-21-33)28-39(36)42(2,3)40(38)29-37(31)41(30)46(7,8)44(45(4,5)6)34-22-16-11-17-23-34;1-41(2)38-28-34(42(31-17-11-8-12-18-31)32-19-13-9-14-20-32)24-25-35(38)37-27-30-23-26-40(36(30)29-39(37)41)45(6,7)43(44(3,4)5)33-21-15-10-16-22-33/h16-27,31-35,40,44H,12-15,28-30H2,1-11H3;9-10,12-15,18-21,24-25,27-31,34,37,41H,11,16-17,22-23,26H2,1-8H3;8-9,11-14,17-20,24-25,27-30,33,36,40H,10,15-16,21-23,26H2,1-7H3/q3*+1. The maximum absolute atomic E-state index is 3.07. The lowest BCUT2D eigenvalue weighted by Gasteiger charge is -2.55. The molecular weight excluding hydrogens is 1760 g/mol. The molecular formula is C129H176N9Si3+3. The van der Waals surface area contributed by atoms with Crippen LogP contribution in [-0.2, 0) is 16.2 Å². The van der Waals surface area contributed by atoms with Crippen molar-refractivity contribution in [1.82, 2.24) is 14.0 Å². The number of unbranched alkanes of at least 4 members (excludes halogenated alkanes) is 2. The summed E-state index contributed by atoms with van der Waals surface area (Å²) in [4.78, 5) is 7.28. The molecule has 20 rings (SSSR count). The van der Waals surface area contributed by atoms with Crippen LogP contribution >= 0.6 is 0 Å². The highest BCUT2D eigenvalue weighted by Gasteiger charge is 2.62. The van der Waals surface area contributed by atoms with Gasteiger partial charge in [0.1, 0.15) is 0 Å². The number of fused-ring (bicyclic) bond motifs is 12. The number of benzene rings is 9. The normalized spacial score (nSPS) is 24.4. The second-order valence-corrected chi connectivity index (χ2v) is 64.5. The summed E-state index contributed by atoms with van der Waals surface area (Å²) in [6.45, 7) is 43.5. The first-order valence-electron chi connectivity index (χ1n) is 55.3. The van der Waals surface area contributed by atoms with E-state index in [1.54, 1.807) is 27.9 Å². The topological polar surface area (TPSA) is 19.4 Å². The van der Waals surface area contributed by atoms with Crippen molar-refractivity contribution in [3.63, 3.8) is 0 Å². The van der Waals surface area contributed by atoms with Gasteiger partial charge in [-0.15, -0.1) is 0 Å². The summed E-state index contributed by atoms with van der Waals surface area (Å²) in [7, 11) is 16.3. The molecule has 5 saturated carbocycles. The number of rotatable bonds is 26. The van der Waals surface area contributed by atoms with Crippen molar-refractivity contribution >= 4 is 92.6 Å². The van der Waals surface area contributed by atoms with Crippen molar-refractivity contribution < 1.29 is 13.8 Å². The van der Waals surface area contributed by atoms with Crippen LogP contribution in [-0.4, -0.2) is 134 Å². The van der Waals surface area contributed by atoms with E-state index in [-0.39, 0.29) is 21.8 Å². The van der Waals surface area contributed by atoms with E-state index in [0.29, 0.717) is 47.0 Å². The number of allylic oxidation sites excluding steroid dienone is 12. The SMILES string of the molecule is CC1(C)C2=CC3C(C=C2c2ccc(N(c4ccccc4)c4ccccc4)cc21)CCC3[Si](C)(C)N(C1CCCCC1)[N+](C)(C)C.CC1CC2C=C3C(=CC2C1[Si](C)(C)N(C1CCCCC1)[N+](C)(C)C)C(C)(C)c1cc(N(c2ccccc2)c2ccccc2)ccc13.CCCCC1(CCCC)C2=CC3C(C=C2c2ccc(N(c4ccccc4)c4ccccc4)cc21)CC(C)C3[Si](C)(C)N(C(C)(C)C)[N+](C)(C)C. The van der Waals surface area contributed by atoms with Crippen LogP contribution in [0.25, 0.3) is 16.7 Å². The van der Waals surface area contributed by atoms with Crippen LogP contribution in [0.2, 0.25) is 55.9 Å². The molecule has 11 aliphatic rings. The van der Waals surface area contributed by atoms with Gasteiger partial charge in [0.05, 0.1) is 69.0 Å². The van der Waals surface area contributed by atoms with E-state index in [2.05, 4.69) is 481 Å². The van der Waals surface area contributed by atoms with Crippen LogP contribution in [0, 0.1) is 47.3 Å². The Labute approximate surface area is 857 Å². The zero-order valence-electron chi connectivity index (χ0n) is 91.7. The molecule has 5 fully saturated rings. The summed E-state index contributed by atoms with van der Waals surface area (Å²) in [5.41, 5.74) is 31.6. The van der Waals surface area contributed by atoms with E-state index in [9.17, 15) is 0 Å². The fraction of sp³-hybridized carbons (Fsp3) is 0.488. The van der Waals surface area contributed by atoms with Gasteiger partial charge in [-0.05, 0) is 319 Å². The van der Waals surface area contributed by atoms with Crippen LogP contribution in [0.4, 0.5) is 51.2 Å². The minimum Gasteiger partial charge on any atom is -0.310 e. The van der Waals surface area contributed by atoms with Gasteiger partial charge >= 0.3 is 0 Å². The number of anilines is 9. The summed E-state index contributed by atoms with van der Waals surface area (Å²) in [5, 5.41) is 0. The average Bonchev–Trinajstić information content (AvgIpc) is 1.56. The van der Waals surface area contributed by atoms with Crippen molar-refractivity contribution in [3.05, 3.63) is 323 Å². The third-order valence-corrected chi connectivity index (χ3v) is 50.5. The molecule has 9 aromatic carbocycles. The lowest BCUT2D eigenvalue weighted by Crippen LogP contribution is -2.72. The summed E-state index contributed by atoms with van der Waals surface area (Å²) in [6.07, 6.45) is 43.4. The average molecular weight is 1940 g/mol. The van der Waals surface area contributed by atoms with E-state index in [4.69, 9.17) is 0 Å². The number of hydrogen-bond acceptors (Lipinski definition) is 6. The molecule has 0 saturated heterocycles. The van der Waals surface area contributed by atoms with E-state index in [1.807, 2.05) is 0 Å². The predicted molar refractivity (Wildman–Crippen MR) is 613 cm³/mol. The first kappa shape index (κ1) is 102. The minimum atomic E-state index is -1.94. The first-order chi connectivity index (χ1) is 67.0. The van der Waals surface area contributed by atoms with Gasteiger partial charge in [0, 0.05) is 79.5 Å². The highest BCUT2D eigenvalue weighted by atomic mass is 28.3. The molecule has 11 unspecified atom stereocenters. The van der Waals surface area contributed by atoms with Gasteiger partial charge in [0.15, 0.2) is 24.7 Å². The third-order valence-electron chi connectivity index (χ3n) is 36.2. The molecule has 0 spiro atoms. The second kappa shape index (κ2) is 39.9. The molecule has 0 N–H and O–H groups in total. The van der Waals surface area contributed by atoms with Gasteiger partial charge < -0.3 is 14.7 Å². The Morgan fingerprint density at radius 3 is 0.979 bits per heavy atom. The van der Waals surface area contributed by atoms with E-state index in [0.717, 1.165) is 42.9 Å². The quantitative estimate of drug-likeness (QED) is 0.0304. The van der Waals surface area contributed by atoms with Crippen LogP contribution < -0.4 is 14.7 Å². The van der Waals surface area contributed by atoms with Crippen LogP contribution in [0.1, 0.15) is 238 Å². The van der Waals surface area contributed by atoms with Crippen molar-refractivity contribution in [2.45, 2.75) is 294 Å². The molecule has 0 amide bonds. The minimum absolute atomic E-state index is 0.0246. The van der Waals surface area contributed by atoms with Gasteiger partial charge in [-0.2, -0.15) is 14.0 Å². The molecule has 11 atom stereocenters. The van der Waals surface area contributed by atoms with Gasteiger partial charge in [-0.25, -0.2) is 0 Å². The molecule has 0 bridgehead atoms. The van der Waals surface area contributed by atoms with Crippen LogP contribution in [0.5, 0.6) is 0 Å². The van der Waals surface area contributed by atoms with Gasteiger partial charge in [-0.3, -0.25) is 13.8 Å². The number of hydrogen-bond donors (Lipinski definition) is 0. The number of nitrogens with zero attached hydrogens (tertiary/aromatic N) is 9. The first-order valence-corrected chi connectivity index (χ1v) is 64.4. The molecule has 9 nitrogen and oxygen atoms in total. The summed E-state index contributed by atoms with van der Waals surface area (Å²) < 4.78 is 11.9. The third kappa shape index (κ3) is 19.3. The van der Waals surface area contributed by atoms with Crippen molar-refractivity contribution in [2.24, 2.45) is 47.3 Å². The fourth-order valence-electron chi connectivity index (χ4n) is 32.3. The monoisotopic (exact) mass is 1940 g/mol. The van der Waals surface area contributed by atoms with Crippen molar-refractivity contribution in [1.29, 1.82) is 0 Å². The van der Waals surface area contributed by atoms with E-state index < -0.39 is 24.7 Å². The summed E-state index contributed by atoms with van der Waals surface area (Å²) in [6, 6.07) is 88.7. The van der Waals surface area contributed by atoms with E-state index >= 15 is 0 Å². The van der Waals surface area contributed by atoms with Gasteiger partial charge in [-0.1, -0.05) is 329 Å². The molecule has 0 radical (unpaired) electrons. The zero-order valence-corrected chi connectivity index (χ0v) is 94.7. The maximum Gasteiger partial charge on any atom is 0.191 e. The van der Waals surface area contributed by atoms with Crippen LogP contribution in [0.15, 0.2) is 290 Å². The lowest BCUT2D eigenvalue weighted by molar-refractivity contribution is -0.978. The van der Waals surface area contributed by atoms with E-state index in [1.165, 1.54) is 219 Å². The molecule has 11 aliphatic carbocycles. The molecule has 12 heteroatoms. The molecule has 0 heterocycles. The Morgan fingerprint density at radius 1 is 0.326 bits per heavy atom. The Hall–Kier alpha value is -8.77. The lowest BCUT2D eigenvalue weighted by atomic mass is 9.68. The largest absolute Gasteiger partial charge is 0.310 e. The summed E-state index contributed by atoms with van der Waals surface area (Å²) >= 11 is 0. The highest BCUT2D eigenvalue weighted by molar-refractivity contribution is 6.77. The molecule has 0 aromatic heterocycles. The van der Waals surface area contributed by atoms with Crippen molar-refractivity contribution in [2.75, 3.05) is 78.1 Å². The Morgan fingerprint density at radius 2 is 0.638 bits per heavy atom. The molecule has 746 valence electrons. The van der Waals surface area contributed by atoms with Gasteiger partial charge in [0.2, 0.25) is 0 Å². The maximum atomic E-state index is 3.07. The fourth-order valence-corrected chi connectivity index (χ4v) is 49.8. The second-order valence-electron chi connectivity index (χ2n) is 51.2. The Bertz CT molecular complexity index is 5940. The molecule has 9 aromatic rings. The summed E-state index contributed by atoms with van der Waals surface area (Å²) in [5.74, 6) is 5.25. The smallest absolute Gasteiger partial charge is 0.191 e. The number of para-hydroxylation sites is 6. The van der Waals surface area contributed by atoms with Crippen molar-refractivity contribution in [3.8, 4) is 0 Å². The Balaban J connectivity index is 0.000000140. The Kier molecular flexibility index (Phi) is 28.9. The zero-order chi connectivity index (χ0) is 100. The highest BCUT2D eigenvalue weighted by Crippen LogP contribution is 2.67. The van der Waals surface area contributed by atoms with Gasteiger partial charge in [0.25, 0.3) is 0 Å².